The minimum absolute atomic E-state index is 0.0111. The number of methoxy groups -OCH3 is 1. The molecular weight excluding hydrogens is 416 g/mol. The lowest BCUT2D eigenvalue weighted by atomic mass is 9.53. The summed E-state index contributed by atoms with van der Waals surface area (Å²) in [4.78, 5) is 18.0. The average molecular weight is 455 g/mol. The number of carbonyl (C=O) groups excluding carboxylic acids is 1. The van der Waals surface area contributed by atoms with Gasteiger partial charge in [-0.25, -0.2) is 0 Å². The predicted molar refractivity (Wildman–Crippen MR) is 126 cm³/mol. The van der Waals surface area contributed by atoms with E-state index in [-0.39, 0.29) is 29.0 Å². The van der Waals surface area contributed by atoms with Gasteiger partial charge in [0.2, 0.25) is 0 Å². The van der Waals surface area contributed by atoms with Crippen LogP contribution in [-0.2, 0) is 14.3 Å². The Morgan fingerprint density at radius 1 is 1.18 bits per heavy atom. The van der Waals surface area contributed by atoms with Crippen LogP contribution in [0.3, 0.4) is 0 Å². The zero-order chi connectivity index (χ0) is 22.8. The molecule has 6 nitrogen and oxygen atoms in total. The second kappa shape index (κ2) is 7.88. The third-order valence-corrected chi connectivity index (χ3v) is 9.65. The highest BCUT2D eigenvalue weighted by atomic mass is 16.6. The normalized spacial score (nSPS) is 42.6. The highest BCUT2D eigenvalue weighted by molar-refractivity contribution is 5.75. The van der Waals surface area contributed by atoms with Gasteiger partial charge in [0.25, 0.3) is 0 Å². The van der Waals surface area contributed by atoms with Crippen molar-refractivity contribution in [2.24, 2.45) is 23.2 Å². The zero-order valence-electron chi connectivity index (χ0n) is 20.3. The molecule has 7 atom stereocenters. The Labute approximate surface area is 197 Å². The molecule has 3 saturated heterocycles. The minimum Gasteiger partial charge on any atom is -0.497 e. The zero-order valence-corrected chi connectivity index (χ0v) is 20.3. The SMILES string of the molecule is COc1ccc(N2CCN(C[C@@H]3C(=O)O[C@@H]4C[C@@]5(C)CCC[C@]6(CO6)[C@H]5C[C@H]34)C[C@H]2C)cc1. The molecule has 0 aromatic heterocycles. The molecule has 1 aromatic carbocycles. The number of fused-ring (bicyclic) bond motifs is 3. The molecular formula is C27H38N2O4. The van der Waals surface area contributed by atoms with E-state index in [0.717, 1.165) is 51.4 Å². The van der Waals surface area contributed by atoms with E-state index >= 15 is 0 Å². The third kappa shape index (κ3) is 3.65. The van der Waals surface area contributed by atoms with Crippen molar-refractivity contribution < 1.29 is 19.0 Å². The Morgan fingerprint density at radius 3 is 2.67 bits per heavy atom. The van der Waals surface area contributed by atoms with Crippen LogP contribution in [0.15, 0.2) is 24.3 Å². The molecule has 180 valence electrons. The van der Waals surface area contributed by atoms with Crippen LogP contribution >= 0.6 is 0 Å². The fraction of sp³-hybridized carbons (Fsp3) is 0.741. The molecule has 5 aliphatic rings. The smallest absolute Gasteiger partial charge is 0.310 e. The minimum atomic E-state index is 0.0111. The summed E-state index contributed by atoms with van der Waals surface area (Å²) >= 11 is 0. The third-order valence-electron chi connectivity index (χ3n) is 9.65. The maximum atomic E-state index is 13.0. The molecule has 1 spiro atoms. The number of benzene rings is 1. The lowest BCUT2D eigenvalue weighted by Gasteiger charge is -2.51. The number of rotatable bonds is 4. The van der Waals surface area contributed by atoms with Gasteiger partial charge in [-0.05, 0) is 74.6 Å². The first-order chi connectivity index (χ1) is 15.9. The molecule has 6 heteroatoms. The number of nitrogens with zero attached hydrogens (tertiary/aromatic N) is 2. The van der Waals surface area contributed by atoms with E-state index < -0.39 is 0 Å². The molecule has 3 heterocycles. The standard InChI is InChI=1S/C27H38N2O4/c1-18-15-28(11-12-29(18)19-5-7-20(31-3)8-6-19)16-22-21-13-24-26(2,14-23(21)33-25(22)30)9-4-10-27(24)17-32-27/h5-8,18,21-24H,4,9-17H2,1-3H3/t18-,21-,22+,23-,24+,26-,27+/m1/s1. The number of carbonyl (C=O) groups is 1. The van der Waals surface area contributed by atoms with E-state index in [0.29, 0.717) is 17.9 Å². The average Bonchev–Trinajstić information content (AvgIpc) is 3.51. The quantitative estimate of drug-likeness (QED) is 0.510. The van der Waals surface area contributed by atoms with Crippen molar-refractivity contribution in [3.05, 3.63) is 24.3 Å². The summed E-state index contributed by atoms with van der Waals surface area (Å²) in [7, 11) is 1.70. The van der Waals surface area contributed by atoms with E-state index in [1.54, 1.807) is 7.11 Å². The summed E-state index contributed by atoms with van der Waals surface area (Å²) < 4.78 is 17.4. The van der Waals surface area contributed by atoms with Crippen LogP contribution in [0.2, 0.25) is 0 Å². The van der Waals surface area contributed by atoms with Gasteiger partial charge in [-0.15, -0.1) is 0 Å². The van der Waals surface area contributed by atoms with E-state index in [9.17, 15) is 4.79 Å². The first-order valence-electron chi connectivity index (χ1n) is 12.9. The molecule has 2 aliphatic carbocycles. The summed E-state index contributed by atoms with van der Waals surface area (Å²) in [6, 6.07) is 8.74. The number of hydrogen-bond donors (Lipinski definition) is 0. The molecule has 0 bridgehead atoms. The van der Waals surface area contributed by atoms with Crippen LogP contribution in [0.1, 0.15) is 46.0 Å². The number of hydrogen-bond acceptors (Lipinski definition) is 6. The van der Waals surface area contributed by atoms with Crippen molar-refractivity contribution in [3.8, 4) is 5.75 Å². The number of epoxide rings is 1. The molecule has 33 heavy (non-hydrogen) atoms. The lowest BCUT2D eigenvalue weighted by Crippen LogP contribution is -2.54. The van der Waals surface area contributed by atoms with Crippen molar-refractivity contribution >= 4 is 11.7 Å². The largest absolute Gasteiger partial charge is 0.497 e. The first kappa shape index (κ1) is 21.7. The number of ether oxygens (including phenoxy) is 3. The van der Waals surface area contributed by atoms with Crippen molar-refractivity contribution in [1.82, 2.24) is 4.90 Å². The Kier molecular flexibility index (Phi) is 5.18. The van der Waals surface area contributed by atoms with Crippen LogP contribution < -0.4 is 9.64 Å². The second-order valence-electron chi connectivity index (χ2n) is 11.6. The highest BCUT2D eigenvalue weighted by Gasteiger charge is 2.65. The van der Waals surface area contributed by atoms with Crippen molar-refractivity contribution in [2.45, 2.75) is 63.7 Å². The Bertz CT molecular complexity index is 900. The van der Waals surface area contributed by atoms with Crippen molar-refractivity contribution in [2.75, 3.05) is 44.8 Å². The maximum Gasteiger partial charge on any atom is 0.310 e. The molecule has 0 radical (unpaired) electrons. The van der Waals surface area contributed by atoms with Gasteiger partial charge in [-0.3, -0.25) is 9.69 Å². The van der Waals surface area contributed by atoms with Gasteiger partial charge in [0.05, 0.1) is 25.2 Å². The van der Waals surface area contributed by atoms with Crippen LogP contribution in [0.5, 0.6) is 5.75 Å². The molecule has 5 fully saturated rings. The summed E-state index contributed by atoms with van der Waals surface area (Å²) in [5, 5.41) is 0. The fourth-order valence-corrected chi connectivity index (χ4v) is 7.80. The molecule has 0 N–H and O–H groups in total. The van der Waals surface area contributed by atoms with Gasteiger partial charge in [0.1, 0.15) is 11.9 Å². The molecule has 0 unspecified atom stereocenters. The number of piperazine rings is 1. The molecule has 1 aromatic rings. The molecule has 6 rings (SSSR count). The molecule has 3 aliphatic heterocycles. The summed E-state index contributed by atoms with van der Waals surface area (Å²) in [6.45, 7) is 9.40. The first-order valence-corrected chi connectivity index (χ1v) is 12.9. The predicted octanol–water partition coefficient (Wildman–Crippen LogP) is 3.73. The van der Waals surface area contributed by atoms with Crippen molar-refractivity contribution in [1.29, 1.82) is 0 Å². The van der Waals surface area contributed by atoms with E-state index in [4.69, 9.17) is 14.2 Å². The molecule has 2 saturated carbocycles. The number of anilines is 1. The van der Waals surface area contributed by atoms with Gasteiger partial charge < -0.3 is 19.1 Å². The van der Waals surface area contributed by atoms with Crippen LogP contribution in [0, 0.1) is 23.2 Å². The van der Waals surface area contributed by atoms with Crippen LogP contribution in [0.25, 0.3) is 0 Å². The topological polar surface area (TPSA) is 54.5 Å². The maximum absolute atomic E-state index is 13.0. The monoisotopic (exact) mass is 454 g/mol. The van der Waals surface area contributed by atoms with Crippen LogP contribution in [-0.4, -0.2) is 68.5 Å². The van der Waals surface area contributed by atoms with Gasteiger partial charge in [-0.2, -0.15) is 0 Å². The number of esters is 1. The van der Waals surface area contributed by atoms with Gasteiger partial charge in [-0.1, -0.05) is 6.92 Å². The van der Waals surface area contributed by atoms with Gasteiger partial charge in [0, 0.05) is 43.8 Å². The Balaban J connectivity index is 1.12. The van der Waals surface area contributed by atoms with Gasteiger partial charge >= 0.3 is 5.97 Å². The van der Waals surface area contributed by atoms with Crippen LogP contribution in [0.4, 0.5) is 5.69 Å². The Morgan fingerprint density at radius 2 is 1.97 bits per heavy atom. The van der Waals surface area contributed by atoms with E-state index in [1.165, 1.54) is 24.9 Å². The molecule has 0 amide bonds. The van der Waals surface area contributed by atoms with Crippen molar-refractivity contribution in [3.63, 3.8) is 0 Å². The van der Waals surface area contributed by atoms with E-state index in [2.05, 4.69) is 35.8 Å². The fourth-order valence-electron chi connectivity index (χ4n) is 7.80. The lowest BCUT2D eigenvalue weighted by molar-refractivity contribution is -0.147. The van der Waals surface area contributed by atoms with E-state index in [1.807, 2.05) is 12.1 Å². The highest BCUT2D eigenvalue weighted by Crippen LogP contribution is 2.62. The summed E-state index contributed by atoms with van der Waals surface area (Å²) in [5.41, 5.74) is 1.62. The summed E-state index contributed by atoms with van der Waals surface area (Å²) in [5.74, 6) is 1.88. The Hall–Kier alpha value is -1.79. The summed E-state index contributed by atoms with van der Waals surface area (Å²) in [6.07, 6.45) is 5.93. The second-order valence-corrected chi connectivity index (χ2v) is 11.6. The van der Waals surface area contributed by atoms with Gasteiger partial charge in [0.15, 0.2) is 0 Å².